The van der Waals surface area contributed by atoms with E-state index in [2.05, 4.69) is 5.32 Å². The maximum absolute atomic E-state index is 13.8. The van der Waals surface area contributed by atoms with Gasteiger partial charge in [-0.2, -0.15) is 0 Å². The van der Waals surface area contributed by atoms with Crippen molar-refractivity contribution in [2.75, 3.05) is 18.4 Å². The van der Waals surface area contributed by atoms with Crippen molar-refractivity contribution in [3.8, 4) is 0 Å². The van der Waals surface area contributed by atoms with Crippen LogP contribution in [-0.4, -0.2) is 29.8 Å². The van der Waals surface area contributed by atoms with Gasteiger partial charge in [-0.15, -0.1) is 11.3 Å². The number of fused-ring (bicyclic) bond motifs is 1. The van der Waals surface area contributed by atoms with Crippen LogP contribution >= 0.6 is 11.3 Å². The van der Waals surface area contributed by atoms with Gasteiger partial charge in [-0.1, -0.05) is 0 Å². The number of benzene rings is 1. The van der Waals surface area contributed by atoms with E-state index >= 15 is 0 Å². The largest absolute Gasteiger partial charge is 0.338 e. The van der Waals surface area contributed by atoms with E-state index in [1.807, 2.05) is 11.0 Å². The van der Waals surface area contributed by atoms with Crippen molar-refractivity contribution >= 4 is 28.8 Å². The Morgan fingerprint density at radius 1 is 1.15 bits per heavy atom. The SMILES string of the molecule is O=C(Nc1cc(F)ccc1F)C1CCc2sc(C(=O)N3CCCC3)cc2C1. The monoisotopic (exact) mass is 390 g/mol. The van der Waals surface area contributed by atoms with Gasteiger partial charge in [-0.25, -0.2) is 8.78 Å². The summed E-state index contributed by atoms with van der Waals surface area (Å²) in [6.45, 7) is 1.62. The standard InChI is InChI=1S/C20H20F2N2O2S/c21-14-4-5-15(22)16(11-14)23-19(25)12-3-6-17-13(9-12)10-18(27-17)20(26)24-7-1-2-8-24/h4-5,10-12H,1-3,6-9H2,(H,23,25). The van der Waals surface area contributed by atoms with E-state index < -0.39 is 11.6 Å². The lowest BCUT2D eigenvalue weighted by Crippen LogP contribution is -2.28. The molecular formula is C20H20F2N2O2S. The molecule has 1 aromatic carbocycles. The topological polar surface area (TPSA) is 49.4 Å². The van der Waals surface area contributed by atoms with Gasteiger partial charge in [0.25, 0.3) is 5.91 Å². The number of anilines is 1. The third kappa shape index (κ3) is 3.74. The molecular weight excluding hydrogens is 370 g/mol. The van der Waals surface area contributed by atoms with Gasteiger partial charge in [0.2, 0.25) is 5.91 Å². The zero-order chi connectivity index (χ0) is 19.0. The second-order valence-electron chi connectivity index (χ2n) is 7.11. The predicted molar refractivity (Wildman–Crippen MR) is 100.0 cm³/mol. The van der Waals surface area contributed by atoms with E-state index in [1.165, 1.54) is 11.3 Å². The minimum Gasteiger partial charge on any atom is -0.338 e. The van der Waals surface area contributed by atoms with Gasteiger partial charge in [0.15, 0.2) is 0 Å². The zero-order valence-electron chi connectivity index (χ0n) is 14.8. The van der Waals surface area contributed by atoms with Crippen molar-refractivity contribution in [2.24, 2.45) is 5.92 Å². The third-order valence-corrected chi connectivity index (χ3v) is 6.47. The molecule has 0 radical (unpaired) electrons. The van der Waals surface area contributed by atoms with Crippen LogP contribution in [0.2, 0.25) is 0 Å². The van der Waals surface area contributed by atoms with Gasteiger partial charge < -0.3 is 10.2 Å². The molecule has 4 nitrogen and oxygen atoms in total. The number of likely N-dealkylation sites (tertiary alicyclic amines) is 1. The Balaban J connectivity index is 1.45. The Bertz CT molecular complexity index is 890. The number of hydrogen-bond donors (Lipinski definition) is 1. The first-order chi connectivity index (χ1) is 13.0. The van der Waals surface area contributed by atoms with Crippen LogP contribution in [0.3, 0.4) is 0 Å². The lowest BCUT2D eigenvalue weighted by Gasteiger charge is -2.21. The zero-order valence-corrected chi connectivity index (χ0v) is 15.6. The van der Waals surface area contributed by atoms with E-state index in [9.17, 15) is 18.4 Å². The molecule has 1 aromatic heterocycles. The van der Waals surface area contributed by atoms with Crippen LogP contribution in [-0.2, 0) is 17.6 Å². The quantitative estimate of drug-likeness (QED) is 0.861. The molecule has 1 unspecified atom stereocenters. The molecule has 1 fully saturated rings. The van der Waals surface area contributed by atoms with E-state index in [1.54, 1.807) is 0 Å². The summed E-state index contributed by atoms with van der Waals surface area (Å²) in [5, 5.41) is 2.50. The molecule has 1 saturated heterocycles. The number of aryl methyl sites for hydroxylation is 1. The van der Waals surface area contributed by atoms with Crippen LogP contribution in [0.4, 0.5) is 14.5 Å². The molecule has 2 aliphatic rings. The third-order valence-electron chi connectivity index (χ3n) is 5.24. The Hall–Kier alpha value is -2.28. The normalized spacial score (nSPS) is 19.0. The summed E-state index contributed by atoms with van der Waals surface area (Å²) in [6, 6.07) is 4.91. The fourth-order valence-electron chi connectivity index (χ4n) is 3.76. The first-order valence-corrected chi connectivity index (χ1v) is 9.99. The second-order valence-corrected chi connectivity index (χ2v) is 8.25. The van der Waals surface area contributed by atoms with Crippen molar-refractivity contribution in [1.82, 2.24) is 4.90 Å². The molecule has 0 saturated carbocycles. The number of halogens is 2. The minimum atomic E-state index is -0.657. The number of rotatable bonds is 3. The lowest BCUT2D eigenvalue weighted by molar-refractivity contribution is -0.120. The summed E-state index contributed by atoms with van der Waals surface area (Å²) in [5.74, 6) is -1.81. The van der Waals surface area contributed by atoms with Crippen molar-refractivity contribution in [3.05, 3.63) is 51.2 Å². The molecule has 1 atom stereocenters. The minimum absolute atomic E-state index is 0.0785. The highest BCUT2D eigenvalue weighted by Crippen LogP contribution is 2.34. The number of nitrogens with one attached hydrogen (secondary N) is 1. The predicted octanol–water partition coefficient (Wildman–Crippen LogP) is 4.01. The van der Waals surface area contributed by atoms with Crippen molar-refractivity contribution < 1.29 is 18.4 Å². The fourth-order valence-corrected chi connectivity index (χ4v) is 4.93. The lowest BCUT2D eigenvalue weighted by atomic mass is 9.87. The van der Waals surface area contributed by atoms with E-state index in [-0.39, 0.29) is 23.4 Å². The van der Waals surface area contributed by atoms with Crippen molar-refractivity contribution in [1.29, 1.82) is 0 Å². The van der Waals surface area contributed by atoms with Gasteiger partial charge in [0.05, 0.1) is 10.6 Å². The smallest absolute Gasteiger partial charge is 0.263 e. The molecule has 1 N–H and O–H groups in total. The van der Waals surface area contributed by atoms with Crippen LogP contribution in [0, 0.1) is 17.6 Å². The molecule has 27 heavy (non-hydrogen) atoms. The molecule has 2 aromatic rings. The summed E-state index contributed by atoms with van der Waals surface area (Å²) in [5.41, 5.74) is 0.884. The molecule has 1 aliphatic heterocycles. The van der Waals surface area contributed by atoms with Gasteiger partial charge in [-0.3, -0.25) is 9.59 Å². The average molecular weight is 390 g/mol. The summed E-state index contributed by atoms with van der Waals surface area (Å²) >= 11 is 1.52. The summed E-state index contributed by atoms with van der Waals surface area (Å²) in [4.78, 5) is 28.9. The highest BCUT2D eigenvalue weighted by atomic mass is 32.1. The average Bonchev–Trinajstić information content (AvgIpc) is 3.32. The Labute approximate surface area is 160 Å². The summed E-state index contributed by atoms with van der Waals surface area (Å²) in [6.07, 6.45) is 3.97. The Morgan fingerprint density at radius 3 is 2.70 bits per heavy atom. The molecule has 4 rings (SSSR count). The van der Waals surface area contributed by atoms with Crippen LogP contribution in [0.5, 0.6) is 0 Å². The molecule has 2 amide bonds. The summed E-state index contributed by atoms with van der Waals surface area (Å²) < 4.78 is 27.0. The summed E-state index contributed by atoms with van der Waals surface area (Å²) in [7, 11) is 0. The molecule has 1 aliphatic carbocycles. The first-order valence-electron chi connectivity index (χ1n) is 9.18. The highest BCUT2D eigenvalue weighted by molar-refractivity contribution is 7.14. The molecule has 142 valence electrons. The van der Waals surface area contributed by atoms with Gasteiger partial charge in [0, 0.05) is 30.0 Å². The Morgan fingerprint density at radius 2 is 1.93 bits per heavy atom. The number of carbonyl (C=O) groups is 2. The maximum atomic E-state index is 13.8. The van der Waals surface area contributed by atoms with Crippen LogP contribution < -0.4 is 5.32 Å². The van der Waals surface area contributed by atoms with E-state index in [0.717, 1.165) is 65.9 Å². The molecule has 7 heteroatoms. The van der Waals surface area contributed by atoms with Crippen LogP contribution in [0.15, 0.2) is 24.3 Å². The number of hydrogen-bond acceptors (Lipinski definition) is 3. The fraction of sp³-hybridized carbons (Fsp3) is 0.400. The van der Waals surface area contributed by atoms with Gasteiger partial charge in [0.1, 0.15) is 11.6 Å². The highest BCUT2D eigenvalue weighted by Gasteiger charge is 2.29. The van der Waals surface area contributed by atoms with Gasteiger partial charge >= 0.3 is 0 Å². The Kier molecular flexibility index (Phi) is 4.95. The number of carbonyl (C=O) groups excluding carboxylic acids is 2. The van der Waals surface area contributed by atoms with Crippen LogP contribution in [0.1, 0.15) is 39.4 Å². The van der Waals surface area contributed by atoms with Crippen molar-refractivity contribution in [3.63, 3.8) is 0 Å². The number of nitrogens with zero attached hydrogens (tertiary/aromatic N) is 1. The maximum Gasteiger partial charge on any atom is 0.263 e. The van der Waals surface area contributed by atoms with Crippen molar-refractivity contribution in [2.45, 2.75) is 32.1 Å². The number of amides is 2. The molecule has 0 spiro atoms. The number of thiophene rings is 1. The first kappa shape index (κ1) is 18.1. The van der Waals surface area contributed by atoms with E-state index in [0.29, 0.717) is 12.8 Å². The second kappa shape index (κ2) is 7.38. The molecule has 2 heterocycles. The van der Waals surface area contributed by atoms with E-state index in [4.69, 9.17) is 0 Å². The van der Waals surface area contributed by atoms with Crippen LogP contribution in [0.25, 0.3) is 0 Å². The van der Waals surface area contributed by atoms with Gasteiger partial charge in [-0.05, 0) is 55.9 Å². The molecule has 0 bridgehead atoms.